The molecule has 2 aromatic carbocycles. The molecule has 11 heteroatoms. The van der Waals surface area contributed by atoms with E-state index < -0.39 is 5.92 Å². The number of fused-ring (bicyclic) bond motifs is 7. The topological polar surface area (TPSA) is 144 Å². The van der Waals surface area contributed by atoms with Gasteiger partial charge in [-0.2, -0.15) is 0 Å². The Labute approximate surface area is 224 Å². The third-order valence-corrected chi connectivity index (χ3v) is 7.34. The average molecular weight is 532 g/mol. The first kappa shape index (κ1) is 24.8. The van der Waals surface area contributed by atoms with Crippen molar-refractivity contribution >= 4 is 22.8 Å². The Morgan fingerprint density at radius 2 is 1.85 bits per heavy atom. The van der Waals surface area contributed by atoms with E-state index >= 15 is 0 Å². The van der Waals surface area contributed by atoms with Crippen molar-refractivity contribution in [2.45, 2.75) is 38.4 Å². The summed E-state index contributed by atoms with van der Waals surface area (Å²) in [6, 6.07) is 7.32. The number of carbonyl (C=O) groups is 1. The smallest absolute Gasteiger partial charge is 0.182 e. The lowest BCUT2D eigenvalue weighted by Gasteiger charge is -2.37. The highest BCUT2D eigenvalue weighted by atomic mass is 16.5. The number of methoxy groups -OCH3 is 2. The molecule has 0 bridgehead atoms. The van der Waals surface area contributed by atoms with Gasteiger partial charge in [0.2, 0.25) is 0 Å². The van der Waals surface area contributed by atoms with Gasteiger partial charge in [-0.25, -0.2) is 15.0 Å². The minimum Gasteiger partial charge on any atom is -0.493 e. The summed E-state index contributed by atoms with van der Waals surface area (Å²) < 4.78 is 29.2. The Bertz CT molecular complexity index is 1570. The van der Waals surface area contributed by atoms with E-state index in [9.17, 15) is 4.79 Å². The normalized spacial score (nSPS) is 20.3. The molecular weight excluding hydrogens is 502 g/mol. The molecule has 2 aromatic heterocycles. The SMILES string of the molecule is COc1cc2c(cc1OC)C1C(=O)c3ccc4c(c3OC1CO2)CC(C(C)C)O4.Nc1ncnc2nc[nH]c12. The Balaban J connectivity index is 0.000000231. The molecule has 0 spiro atoms. The molecule has 0 amide bonds. The monoisotopic (exact) mass is 531 g/mol. The number of benzene rings is 2. The minimum atomic E-state index is -0.438. The van der Waals surface area contributed by atoms with Crippen molar-refractivity contribution in [2.75, 3.05) is 26.6 Å². The predicted octanol–water partition coefficient (Wildman–Crippen LogP) is 3.72. The van der Waals surface area contributed by atoms with E-state index in [0.29, 0.717) is 58.1 Å². The lowest BCUT2D eigenvalue weighted by molar-refractivity contribution is 0.0554. The third-order valence-electron chi connectivity index (χ3n) is 7.34. The van der Waals surface area contributed by atoms with Crippen LogP contribution in [0.4, 0.5) is 5.82 Å². The van der Waals surface area contributed by atoms with Crippen molar-refractivity contribution in [2.24, 2.45) is 5.92 Å². The van der Waals surface area contributed by atoms with Gasteiger partial charge in [0.25, 0.3) is 0 Å². The molecule has 202 valence electrons. The minimum absolute atomic E-state index is 0.0452. The summed E-state index contributed by atoms with van der Waals surface area (Å²) in [6.45, 7) is 4.58. The molecule has 4 aromatic rings. The molecule has 0 fully saturated rings. The highest BCUT2D eigenvalue weighted by Gasteiger charge is 2.45. The standard InChI is InChI=1S/C23H24O6.C5H5N5/c1-11(2)16-8-14-15(28-16)6-5-12-22(24)21-13-7-18(25-3)19(26-4)9-17(13)27-10-20(21)29-23(12)14;6-4-3-5(9-1-7-3)10-2-8-4/h5-7,9,11,16,20-21H,8,10H2,1-4H3;1-2H,(H3,6,7,8,9,10). The van der Waals surface area contributed by atoms with Crippen LogP contribution in [0.25, 0.3) is 11.2 Å². The fraction of sp³-hybridized carbons (Fsp3) is 0.357. The van der Waals surface area contributed by atoms with E-state index in [-0.39, 0.29) is 18.0 Å². The molecule has 3 unspecified atom stereocenters. The van der Waals surface area contributed by atoms with E-state index in [1.807, 2.05) is 18.2 Å². The number of aromatic nitrogens is 4. The van der Waals surface area contributed by atoms with Crippen LogP contribution in [-0.4, -0.2) is 58.8 Å². The highest BCUT2D eigenvalue weighted by molar-refractivity contribution is 6.06. The number of H-pyrrole nitrogens is 1. The summed E-state index contributed by atoms with van der Waals surface area (Å²) in [5.41, 5.74) is 9.15. The maximum atomic E-state index is 13.5. The van der Waals surface area contributed by atoms with Gasteiger partial charge < -0.3 is 34.4 Å². The van der Waals surface area contributed by atoms with Gasteiger partial charge in [0.05, 0.1) is 32.0 Å². The Morgan fingerprint density at radius 3 is 2.59 bits per heavy atom. The highest BCUT2D eigenvalue weighted by Crippen LogP contribution is 2.49. The van der Waals surface area contributed by atoms with Crippen LogP contribution in [0.3, 0.4) is 0 Å². The van der Waals surface area contributed by atoms with Crippen LogP contribution in [0, 0.1) is 5.92 Å². The molecule has 7 rings (SSSR count). The number of nitrogens with zero attached hydrogens (tertiary/aromatic N) is 3. The van der Waals surface area contributed by atoms with Crippen molar-refractivity contribution in [3.8, 4) is 28.7 Å². The molecule has 39 heavy (non-hydrogen) atoms. The summed E-state index contributed by atoms with van der Waals surface area (Å²) in [7, 11) is 3.16. The van der Waals surface area contributed by atoms with Crippen LogP contribution >= 0.6 is 0 Å². The van der Waals surface area contributed by atoms with Crippen LogP contribution in [0.1, 0.15) is 41.3 Å². The second kappa shape index (κ2) is 9.64. The van der Waals surface area contributed by atoms with E-state index in [4.69, 9.17) is 29.4 Å². The predicted molar refractivity (Wildman–Crippen MR) is 142 cm³/mol. The Hall–Kier alpha value is -4.54. The number of carbonyl (C=O) groups excluding carboxylic acids is 1. The summed E-state index contributed by atoms with van der Waals surface area (Å²) in [6.07, 6.45) is 3.40. The van der Waals surface area contributed by atoms with Crippen LogP contribution in [0.2, 0.25) is 0 Å². The second-order valence-electron chi connectivity index (χ2n) is 9.94. The average Bonchev–Trinajstić information content (AvgIpc) is 3.61. The summed E-state index contributed by atoms with van der Waals surface area (Å²) in [4.78, 5) is 27.9. The van der Waals surface area contributed by atoms with Gasteiger partial charge in [-0.15, -0.1) is 0 Å². The summed E-state index contributed by atoms with van der Waals surface area (Å²) >= 11 is 0. The van der Waals surface area contributed by atoms with Gasteiger partial charge in [-0.05, 0) is 24.1 Å². The number of nitrogens with two attached hydrogens (primary N) is 1. The van der Waals surface area contributed by atoms with E-state index in [1.54, 1.807) is 20.3 Å². The first-order chi connectivity index (χ1) is 18.9. The van der Waals surface area contributed by atoms with Gasteiger partial charge in [-0.1, -0.05) is 13.8 Å². The third kappa shape index (κ3) is 4.14. The van der Waals surface area contributed by atoms with Gasteiger partial charge in [-0.3, -0.25) is 4.79 Å². The molecule has 0 saturated carbocycles. The summed E-state index contributed by atoms with van der Waals surface area (Å²) in [5.74, 6) is 3.67. The van der Waals surface area contributed by atoms with Crippen LogP contribution in [0.5, 0.6) is 28.7 Å². The number of nitrogen functional groups attached to an aromatic ring is 1. The Morgan fingerprint density at radius 1 is 1.05 bits per heavy atom. The van der Waals surface area contributed by atoms with Gasteiger partial charge in [0.1, 0.15) is 47.9 Å². The zero-order chi connectivity index (χ0) is 27.3. The molecular formula is C28H29N5O6. The van der Waals surface area contributed by atoms with Gasteiger partial charge in [0.15, 0.2) is 28.7 Å². The number of ketones is 1. The fourth-order valence-electron chi connectivity index (χ4n) is 5.25. The number of rotatable bonds is 3. The molecule has 3 atom stereocenters. The van der Waals surface area contributed by atoms with Crippen molar-refractivity contribution in [3.63, 3.8) is 0 Å². The number of hydrogen-bond acceptors (Lipinski definition) is 10. The van der Waals surface area contributed by atoms with Gasteiger partial charge in [0, 0.05) is 23.6 Å². The summed E-state index contributed by atoms with van der Waals surface area (Å²) in [5, 5.41) is 0. The van der Waals surface area contributed by atoms with Crippen molar-refractivity contribution in [3.05, 3.63) is 53.6 Å². The molecule has 3 aliphatic rings. The zero-order valence-corrected chi connectivity index (χ0v) is 22.1. The number of aromatic amines is 1. The molecule has 0 saturated heterocycles. The second-order valence-corrected chi connectivity index (χ2v) is 9.94. The molecule has 3 N–H and O–H groups in total. The number of Topliss-reactive ketones (excluding diaryl/α,β-unsaturated/α-hetero) is 1. The van der Waals surface area contributed by atoms with Crippen molar-refractivity contribution in [1.29, 1.82) is 0 Å². The number of hydrogen-bond donors (Lipinski definition) is 2. The maximum Gasteiger partial charge on any atom is 0.182 e. The largest absolute Gasteiger partial charge is 0.493 e. The first-order valence-electron chi connectivity index (χ1n) is 12.7. The van der Waals surface area contributed by atoms with Crippen LogP contribution in [0.15, 0.2) is 36.9 Å². The van der Waals surface area contributed by atoms with Crippen LogP contribution < -0.4 is 29.4 Å². The molecule has 0 radical (unpaired) electrons. The van der Waals surface area contributed by atoms with Crippen molar-refractivity contribution in [1.82, 2.24) is 19.9 Å². The van der Waals surface area contributed by atoms with E-state index in [2.05, 4.69) is 33.8 Å². The first-order valence-corrected chi connectivity index (χ1v) is 12.7. The van der Waals surface area contributed by atoms with Crippen LogP contribution in [-0.2, 0) is 6.42 Å². The lowest BCUT2D eigenvalue weighted by atomic mass is 9.81. The molecule has 5 heterocycles. The number of nitrogens with one attached hydrogen (secondary N) is 1. The number of anilines is 1. The number of imidazole rings is 1. The quantitative estimate of drug-likeness (QED) is 0.401. The maximum absolute atomic E-state index is 13.5. The molecule has 3 aliphatic heterocycles. The van der Waals surface area contributed by atoms with Gasteiger partial charge >= 0.3 is 0 Å². The zero-order valence-electron chi connectivity index (χ0n) is 22.1. The van der Waals surface area contributed by atoms with Crippen molar-refractivity contribution < 1.29 is 28.5 Å². The Kier molecular flexibility index (Phi) is 6.13. The molecule has 0 aliphatic carbocycles. The fourth-order valence-corrected chi connectivity index (χ4v) is 5.25. The van der Waals surface area contributed by atoms with E-state index in [0.717, 1.165) is 23.3 Å². The molecule has 11 nitrogen and oxygen atoms in total. The number of ether oxygens (including phenoxy) is 5. The van der Waals surface area contributed by atoms with E-state index in [1.165, 1.54) is 12.7 Å². The lowest BCUT2D eigenvalue weighted by Crippen LogP contribution is -2.43.